The van der Waals surface area contributed by atoms with Crippen LogP contribution < -0.4 is 20.1 Å². The third-order valence-electron chi connectivity index (χ3n) is 6.13. The van der Waals surface area contributed by atoms with E-state index in [2.05, 4.69) is 10.6 Å². The number of rotatable bonds is 8. The van der Waals surface area contributed by atoms with Crippen molar-refractivity contribution in [3.8, 4) is 11.5 Å². The van der Waals surface area contributed by atoms with Crippen LogP contribution in [0.2, 0.25) is 0 Å². The Morgan fingerprint density at radius 1 is 1.06 bits per heavy atom. The lowest BCUT2D eigenvalue weighted by molar-refractivity contribution is -0.135. The van der Waals surface area contributed by atoms with E-state index in [-0.39, 0.29) is 18.5 Å². The van der Waals surface area contributed by atoms with Gasteiger partial charge in [-0.05, 0) is 61.1 Å². The minimum Gasteiger partial charge on any atom is -0.497 e. The molecule has 4 amide bonds. The molecule has 1 aliphatic heterocycles. The number of carbonyl (C=O) groups is 3. The van der Waals surface area contributed by atoms with Gasteiger partial charge in [-0.3, -0.25) is 14.5 Å². The van der Waals surface area contributed by atoms with Crippen molar-refractivity contribution in [3.05, 3.63) is 59.7 Å². The third-order valence-corrected chi connectivity index (χ3v) is 6.13. The van der Waals surface area contributed by atoms with Gasteiger partial charge in [0.25, 0.3) is 5.91 Å². The molecule has 4 rings (SSSR count). The zero-order chi connectivity index (χ0) is 22.9. The van der Waals surface area contributed by atoms with Crippen LogP contribution in [-0.2, 0) is 15.1 Å². The number of hydrogen-bond acceptors (Lipinski definition) is 5. The number of carbonyl (C=O) groups excluding carboxylic acids is 3. The Hall–Kier alpha value is -3.55. The largest absolute Gasteiger partial charge is 0.497 e. The molecule has 0 bridgehead atoms. The zero-order valence-electron chi connectivity index (χ0n) is 18.4. The number of nitrogens with one attached hydrogen (secondary N) is 2. The molecule has 1 aliphatic carbocycles. The first-order chi connectivity index (χ1) is 15.4. The van der Waals surface area contributed by atoms with Gasteiger partial charge in [0.15, 0.2) is 0 Å². The van der Waals surface area contributed by atoms with E-state index in [1.807, 2.05) is 24.3 Å². The summed E-state index contributed by atoms with van der Waals surface area (Å²) in [5.74, 6) is 0.900. The Morgan fingerprint density at radius 2 is 1.62 bits per heavy atom. The van der Waals surface area contributed by atoms with Gasteiger partial charge in [-0.1, -0.05) is 24.3 Å². The molecule has 2 fully saturated rings. The zero-order valence-corrected chi connectivity index (χ0v) is 18.4. The summed E-state index contributed by atoms with van der Waals surface area (Å²) in [6.45, 7) is 1.30. The average molecular weight is 437 g/mol. The topological polar surface area (TPSA) is 97.0 Å². The van der Waals surface area contributed by atoms with Gasteiger partial charge in [-0.25, -0.2) is 4.79 Å². The standard InChI is InChI=1S/C24H27N3O5/c1-24(17-8-12-19(32-3)13-9-17)22(29)27(23(30)26-24)14-20(28)25-21(15-4-5-15)16-6-10-18(31-2)11-7-16/h6-13,15,21H,4-5,14H2,1-3H3,(H,25,28)(H,26,30). The average Bonchev–Trinajstić information content (AvgIpc) is 3.62. The number of methoxy groups -OCH3 is 2. The van der Waals surface area contributed by atoms with Gasteiger partial charge in [-0.15, -0.1) is 0 Å². The summed E-state index contributed by atoms with van der Waals surface area (Å²) in [4.78, 5) is 39.5. The van der Waals surface area contributed by atoms with Gasteiger partial charge < -0.3 is 20.1 Å². The van der Waals surface area contributed by atoms with E-state index in [0.717, 1.165) is 29.1 Å². The number of amides is 4. The summed E-state index contributed by atoms with van der Waals surface area (Å²) in [6, 6.07) is 13.7. The molecule has 8 heteroatoms. The fraction of sp³-hybridized carbons (Fsp3) is 0.375. The Balaban J connectivity index is 1.46. The summed E-state index contributed by atoms with van der Waals surface area (Å²) in [5.41, 5.74) is 0.353. The number of nitrogens with zero attached hydrogens (tertiary/aromatic N) is 1. The van der Waals surface area contributed by atoms with Crippen molar-refractivity contribution >= 4 is 17.8 Å². The van der Waals surface area contributed by atoms with Crippen LogP contribution in [0.25, 0.3) is 0 Å². The molecular formula is C24H27N3O5. The molecule has 168 valence electrons. The predicted molar refractivity (Wildman–Crippen MR) is 117 cm³/mol. The fourth-order valence-electron chi connectivity index (χ4n) is 4.04. The highest BCUT2D eigenvalue weighted by atomic mass is 16.5. The van der Waals surface area contributed by atoms with Gasteiger partial charge in [0, 0.05) is 0 Å². The van der Waals surface area contributed by atoms with Crippen molar-refractivity contribution in [1.82, 2.24) is 15.5 Å². The molecule has 2 N–H and O–H groups in total. The highest BCUT2D eigenvalue weighted by molar-refractivity contribution is 6.09. The van der Waals surface area contributed by atoms with Gasteiger partial charge in [0.05, 0.1) is 20.3 Å². The van der Waals surface area contributed by atoms with E-state index in [1.165, 1.54) is 0 Å². The molecule has 1 saturated carbocycles. The maximum absolute atomic E-state index is 13.1. The van der Waals surface area contributed by atoms with E-state index in [9.17, 15) is 14.4 Å². The van der Waals surface area contributed by atoms with Crippen LogP contribution in [0.5, 0.6) is 11.5 Å². The van der Waals surface area contributed by atoms with Crippen LogP contribution in [0.3, 0.4) is 0 Å². The minimum atomic E-state index is -1.24. The van der Waals surface area contributed by atoms with Crippen LogP contribution in [0, 0.1) is 5.92 Å². The SMILES string of the molecule is COc1ccc(C(NC(=O)CN2C(=O)NC(C)(c3ccc(OC)cc3)C2=O)C2CC2)cc1. The maximum Gasteiger partial charge on any atom is 0.325 e. The third kappa shape index (κ3) is 4.12. The maximum atomic E-state index is 13.1. The molecule has 2 aromatic carbocycles. The van der Waals surface area contributed by atoms with Crippen LogP contribution >= 0.6 is 0 Å². The van der Waals surface area contributed by atoms with Crippen molar-refractivity contribution in [2.45, 2.75) is 31.3 Å². The summed E-state index contributed by atoms with van der Waals surface area (Å²) in [7, 11) is 3.16. The summed E-state index contributed by atoms with van der Waals surface area (Å²) < 4.78 is 10.4. The van der Waals surface area contributed by atoms with Gasteiger partial charge in [0.1, 0.15) is 23.6 Å². The molecule has 0 radical (unpaired) electrons. The summed E-state index contributed by atoms with van der Waals surface area (Å²) in [6.07, 6.45) is 2.05. The van der Waals surface area contributed by atoms with Gasteiger partial charge >= 0.3 is 6.03 Å². The second-order valence-electron chi connectivity index (χ2n) is 8.33. The van der Waals surface area contributed by atoms with E-state index >= 15 is 0 Å². The molecule has 0 spiro atoms. The second-order valence-corrected chi connectivity index (χ2v) is 8.33. The predicted octanol–water partition coefficient (Wildman–Crippen LogP) is 2.74. The molecule has 0 aromatic heterocycles. The van der Waals surface area contributed by atoms with Crippen molar-refractivity contribution in [3.63, 3.8) is 0 Å². The van der Waals surface area contributed by atoms with Crippen molar-refractivity contribution < 1.29 is 23.9 Å². The fourth-order valence-corrected chi connectivity index (χ4v) is 4.04. The Bertz CT molecular complexity index is 1020. The van der Waals surface area contributed by atoms with E-state index < -0.39 is 17.5 Å². The number of benzene rings is 2. The smallest absolute Gasteiger partial charge is 0.325 e. The molecule has 2 atom stereocenters. The highest BCUT2D eigenvalue weighted by Gasteiger charge is 2.49. The Labute approximate surface area is 186 Å². The van der Waals surface area contributed by atoms with E-state index in [0.29, 0.717) is 17.2 Å². The Kier molecular flexibility index (Phi) is 5.78. The summed E-state index contributed by atoms with van der Waals surface area (Å²) >= 11 is 0. The number of imide groups is 1. The lowest BCUT2D eigenvalue weighted by Gasteiger charge is -2.23. The molecule has 1 heterocycles. The molecular weight excluding hydrogens is 410 g/mol. The first-order valence-electron chi connectivity index (χ1n) is 10.6. The molecule has 1 saturated heterocycles. The Morgan fingerprint density at radius 3 is 2.16 bits per heavy atom. The highest BCUT2D eigenvalue weighted by Crippen LogP contribution is 2.41. The first kappa shape index (κ1) is 21.7. The lowest BCUT2D eigenvalue weighted by Crippen LogP contribution is -2.44. The van der Waals surface area contributed by atoms with Crippen LogP contribution in [0.4, 0.5) is 4.79 Å². The number of hydrogen-bond donors (Lipinski definition) is 2. The minimum absolute atomic E-state index is 0.165. The molecule has 2 aliphatic rings. The monoisotopic (exact) mass is 437 g/mol. The second kappa shape index (κ2) is 8.53. The number of ether oxygens (including phenoxy) is 2. The molecule has 2 unspecified atom stereocenters. The molecule has 32 heavy (non-hydrogen) atoms. The van der Waals surface area contributed by atoms with Gasteiger partial charge in [0.2, 0.25) is 5.91 Å². The lowest BCUT2D eigenvalue weighted by atomic mass is 9.92. The molecule has 2 aromatic rings. The van der Waals surface area contributed by atoms with Crippen LogP contribution in [0.1, 0.15) is 36.9 Å². The molecule has 8 nitrogen and oxygen atoms in total. The van der Waals surface area contributed by atoms with Gasteiger partial charge in [-0.2, -0.15) is 0 Å². The first-order valence-corrected chi connectivity index (χ1v) is 10.6. The van der Waals surface area contributed by atoms with Crippen LogP contribution in [0.15, 0.2) is 48.5 Å². The summed E-state index contributed by atoms with van der Waals surface area (Å²) in [5, 5.41) is 5.74. The van der Waals surface area contributed by atoms with Crippen LogP contribution in [-0.4, -0.2) is 43.5 Å². The number of urea groups is 1. The normalized spacial score (nSPS) is 21.2. The van der Waals surface area contributed by atoms with E-state index in [4.69, 9.17) is 9.47 Å². The van der Waals surface area contributed by atoms with Crippen molar-refractivity contribution in [2.75, 3.05) is 20.8 Å². The van der Waals surface area contributed by atoms with Crippen molar-refractivity contribution in [1.29, 1.82) is 0 Å². The van der Waals surface area contributed by atoms with E-state index in [1.54, 1.807) is 45.4 Å². The quantitative estimate of drug-likeness (QED) is 0.619. The van der Waals surface area contributed by atoms with Crippen molar-refractivity contribution in [2.24, 2.45) is 5.92 Å².